The van der Waals surface area contributed by atoms with Crippen molar-refractivity contribution in [2.75, 3.05) is 7.11 Å². The number of aromatic nitrogens is 1. The number of hydrogen-bond acceptors (Lipinski definition) is 6. The van der Waals surface area contributed by atoms with Crippen molar-refractivity contribution in [1.82, 2.24) is 10.3 Å². The summed E-state index contributed by atoms with van der Waals surface area (Å²) in [6.07, 6.45) is 3.72. The molecule has 8 heteroatoms. The molecular formula is C29H32N2O6. The number of carbonyl (C=O) groups is 2. The third-order valence-electron chi connectivity index (χ3n) is 6.41. The molecular weight excluding hydrogens is 472 g/mol. The lowest BCUT2D eigenvalue weighted by Crippen LogP contribution is -2.47. The number of nitrogens with one attached hydrogen (secondary N) is 2. The minimum atomic E-state index is -0.925. The number of esters is 1. The molecule has 37 heavy (non-hydrogen) atoms. The summed E-state index contributed by atoms with van der Waals surface area (Å²) in [5, 5.41) is 4.44. The van der Waals surface area contributed by atoms with Crippen LogP contribution in [0.3, 0.4) is 0 Å². The SMILES string of the molecule is CCCCc1cc(=O)oc2cc(C)cc(O[C@H](C)C(=O)N[C@@H](Cc3c[nH]c4ccccc34)C(=O)OC)c12. The van der Waals surface area contributed by atoms with Gasteiger partial charge in [0, 0.05) is 29.6 Å². The Morgan fingerprint density at radius 2 is 1.92 bits per heavy atom. The van der Waals surface area contributed by atoms with E-state index >= 15 is 0 Å². The Balaban J connectivity index is 1.58. The molecule has 0 aliphatic carbocycles. The van der Waals surface area contributed by atoms with Crippen LogP contribution < -0.4 is 15.7 Å². The van der Waals surface area contributed by atoms with Crippen LogP contribution in [0, 0.1) is 6.92 Å². The fourth-order valence-electron chi connectivity index (χ4n) is 4.52. The van der Waals surface area contributed by atoms with Crippen LogP contribution in [-0.2, 0) is 27.2 Å². The summed E-state index contributed by atoms with van der Waals surface area (Å²) in [5.74, 6) is -0.549. The molecule has 0 bridgehead atoms. The van der Waals surface area contributed by atoms with Gasteiger partial charge in [0.2, 0.25) is 0 Å². The Bertz CT molecular complexity index is 1490. The van der Waals surface area contributed by atoms with E-state index in [0.29, 0.717) is 23.1 Å². The van der Waals surface area contributed by atoms with E-state index in [1.165, 1.54) is 13.2 Å². The number of carbonyl (C=O) groups excluding carboxylic acids is 2. The van der Waals surface area contributed by atoms with Crippen LogP contribution in [0.15, 0.2) is 57.9 Å². The maximum atomic E-state index is 13.2. The van der Waals surface area contributed by atoms with Crippen molar-refractivity contribution in [2.45, 2.75) is 58.6 Å². The van der Waals surface area contributed by atoms with E-state index in [4.69, 9.17) is 13.9 Å². The molecule has 0 aliphatic heterocycles. The van der Waals surface area contributed by atoms with Crippen LogP contribution >= 0.6 is 0 Å². The van der Waals surface area contributed by atoms with E-state index in [0.717, 1.165) is 40.4 Å². The lowest BCUT2D eigenvalue weighted by atomic mass is 10.0. The van der Waals surface area contributed by atoms with Crippen LogP contribution in [0.25, 0.3) is 21.9 Å². The van der Waals surface area contributed by atoms with Crippen molar-refractivity contribution in [2.24, 2.45) is 0 Å². The molecule has 2 heterocycles. The van der Waals surface area contributed by atoms with Crippen LogP contribution in [0.2, 0.25) is 0 Å². The summed E-state index contributed by atoms with van der Waals surface area (Å²) in [4.78, 5) is 41.0. The number of aryl methyl sites for hydroxylation is 2. The number of ether oxygens (including phenoxy) is 2. The quantitative estimate of drug-likeness (QED) is 0.241. The molecule has 8 nitrogen and oxygen atoms in total. The van der Waals surface area contributed by atoms with Gasteiger partial charge in [-0.15, -0.1) is 0 Å². The summed E-state index contributed by atoms with van der Waals surface area (Å²) in [7, 11) is 1.29. The van der Waals surface area contributed by atoms with E-state index in [1.54, 1.807) is 13.0 Å². The number of methoxy groups -OCH3 is 1. The molecule has 0 fully saturated rings. The number of H-pyrrole nitrogens is 1. The Morgan fingerprint density at radius 3 is 2.68 bits per heavy atom. The second kappa shape index (κ2) is 11.3. The van der Waals surface area contributed by atoms with Gasteiger partial charge >= 0.3 is 11.6 Å². The molecule has 4 rings (SSSR count). The highest BCUT2D eigenvalue weighted by molar-refractivity contribution is 5.90. The fourth-order valence-corrected chi connectivity index (χ4v) is 4.52. The van der Waals surface area contributed by atoms with Gasteiger partial charge in [-0.05, 0) is 61.6 Å². The number of amides is 1. The Morgan fingerprint density at radius 1 is 1.14 bits per heavy atom. The van der Waals surface area contributed by atoms with Gasteiger partial charge in [0.05, 0.1) is 12.5 Å². The highest BCUT2D eigenvalue weighted by Gasteiger charge is 2.27. The number of aromatic amines is 1. The maximum absolute atomic E-state index is 13.2. The number of hydrogen-bond donors (Lipinski definition) is 2. The van der Waals surface area contributed by atoms with Gasteiger partial charge in [-0.1, -0.05) is 31.5 Å². The summed E-state index contributed by atoms with van der Waals surface area (Å²) in [5.41, 5.74) is 3.49. The zero-order valence-electron chi connectivity index (χ0n) is 21.6. The van der Waals surface area contributed by atoms with E-state index in [1.807, 2.05) is 43.5 Å². The highest BCUT2D eigenvalue weighted by atomic mass is 16.5. The van der Waals surface area contributed by atoms with Crippen molar-refractivity contribution >= 4 is 33.7 Å². The first-order chi connectivity index (χ1) is 17.8. The van der Waals surface area contributed by atoms with Gasteiger partial charge in [-0.2, -0.15) is 0 Å². The van der Waals surface area contributed by atoms with Crippen molar-refractivity contribution in [3.63, 3.8) is 0 Å². The number of fused-ring (bicyclic) bond motifs is 2. The molecule has 0 unspecified atom stereocenters. The summed E-state index contributed by atoms with van der Waals surface area (Å²) >= 11 is 0. The van der Waals surface area contributed by atoms with Gasteiger partial charge in [0.15, 0.2) is 6.10 Å². The Kier molecular flexibility index (Phi) is 7.96. The van der Waals surface area contributed by atoms with E-state index in [2.05, 4.69) is 17.2 Å². The summed E-state index contributed by atoms with van der Waals surface area (Å²) in [6, 6.07) is 12.0. The lowest BCUT2D eigenvalue weighted by Gasteiger charge is -2.21. The van der Waals surface area contributed by atoms with Crippen molar-refractivity contribution < 1.29 is 23.5 Å². The fraction of sp³-hybridized carbons (Fsp3) is 0.345. The molecule has 0 spiro atoms. The average Bonchev–Trinajstić information content (AvgIpc) is 3.28. The number of rotatable bonds is 10. The van der Waals surface area contributed by atoms with Crippen molar-refractivity contribution in [1.29, 1.82) is 0 Å². The largest absolute Gasteiger partial charge is 0.480 e. The normalized spacial score (nSPS) is 12.9. The molecule has 4 aromatic rings. The standard InChI is InChI=1S/C29H32N2O6/c1-5-6-9-19-15-26(32)37-25-13-17(2)12-24(27(19)25)36-18(3)28(33)31-23(29(34)35-4)14-20-16-30-22-11-8-7-10-21(20)22/h7-8,10-13,15-16,18,23,30H,5-6,9,14H2,1-4H3,(H,31,33)/t18-,23+/m1/s1. The topological polar surface area (TPSA) is 111 Å². The van der Waals surface area contributed by atoms with Gasteiger partial charge in [0.1, 0.15) is 17.4 Å². The van der Waals surface area contributed by atoms with Gasteiger partial charge in [-0.3, -0.25) is 4.79 Å². The second-order valence-electron chi connectivity index (χ2n) is 9.24. The predicted octanol–water partition coefficient (Wildman–Crippen LogP) is 4.59. The van der Waals surface area contributed by atoms with Crippen molar-refractivity contribution in [3.05, 3.63) is 75.8 Å². The minimum Gasteiger partial charge on any atom is -0.480 e. The summed E-state index contributed by atoms with van der Waals surface area (Å²) in [6.45, 7) is 5.56. The van der Waals surface area contributed by atoms with Crippen LogP contribution in [-0.4, -0.2) is 36.1 Å². The molecule has 194 valence electrons. The molecule has 2 aromatic carbocycles. The first-order valence-electron chi connectivity index (χ1n) is 12.5. The first-order valence-corrected chi connectivity index (χ1v) is 12.5. The smallest absolute Gasteiger partial charge is 0.336 e. The third kappa shape index (κ3) is 5.85. The third-order valence-corrected chi connectivity index (χ3v) is 6.41. The Hall–Kier alpha value is -4.07. The molecule has 2 aromatic heterocycles. The first kappa shape index (κ1) is 26.0. The molecule has 0 radical (unpaired) electrons. The molecule has 2 N–H and O–H groups in total. The average molecular weight is 505 g/mol. The zero-order chi connectivity index (χ0) is 26.5. The molecule has 1 amide bonds. The highest BCUT2D eigenvalue weighted by Crippen LogP contribution is 2.31. The van der Waals surface area contributed by atoms with Gasteiger partial charge < -0.3 is 24.2 Å². The van der Waals surface area contributed by atoms with Crippen LogP contribution in [0.5, 0.6) is 5.75 Å². The molecule has 0 saturated carbocycles. The van der Waals surface area contributed by atoms with Crippen molar-refractivity contribution in [3.8, 4) is 5.75 Å². The van der Waals surface area contributed by atoms with Gasteiger partial charge in [-0.25, -0.2) is 9.59 Å². The number of benzene rings is 2. The molecule has 2 atom stereocenters. The molecule has 0 saturated heterocycles. The molecule has 0 aliphatic rings. The van der Waals surface area contributed by atoms with E-state index < -0.39 is 29.6 Å². The Labute approximate surface area is 215 Å². The van der Waals surface area contributed by atoms with E-state index in [9.17, 15) is 14.4 Å². The van der Waals surface area contributed by atoms with Crippen LogP contribution in [0.1, 0.15) is 43.4 Å². The van der Waals surface area contributed by atoms with Crippen LogP contribution in [0.4, 0.5) is 0 Å². The maximum Gasteiger partial charge on any atom is 0.336 e. The minimum absolute atomic E-state index is 0.259. The summed E-state index contributed by atoms with van der Waals surface area (Å²) < 4.78 is 16.5. The second-order valence-corrected chi connectivity index (χ2v) is 9.24. The lowest BCUT2D eigenvalue weighted by molar-refractivity contribution is -0.145. The van der Waals surface area contributed by atoms with E-state index in [-0.39, 0.29) is 6.42 Å². The monoisotopic (exact) mass is 504 g/mol. The van der Waals surface area contributed by atoms with Gasteiger partial charge in [0.25, 0.3) is 5.91 Å². The number of para-hydroxylation sites is 1. The number of unbranched alkanes of at least 4 members (excludes halogenated alkanes) is 1. The zero-order valence-corrected chi connectivity index (χ0v) is 21.6. The predicted molar refractivity (Wildman–Crippen MR) is 142 cm³/mol.